The molecule has 2 heterocycles. The fourth-order valence-electron chi connectivity index (χ4n) is 1.82. The van der Waals surface area contributed by atoms with Gasteiger partial charge in [0.15, 0.2) is 11.5 Å². The number of aliphatic hydroxyl groups is 1. The minimum Gasteiger partial charge on any atom is -0.438 e. The van der Waals surface area contributed by atoms with Gasteiger partial charge in [0.05, 0.1) is 33.5 Å². The summed E-state index contributed by atoms with van der Waals surface area (Å²) in [6.07, 6.45) is 0. The molecule has 0 aliphatic rings. The molecule has 0 bridgehead atoms. The summed E-state index contributed by atoms with van der Waals surface area (Å²) >= 11 is 10.5. The van der Waals surface area contributed by atoms with E-state index in [9.17, 15) is 0 Å². The number of anilines is 1. The van der Waals surface area contributed by atoms with E-state index in [-0.39, 0.29) is 6.61 Å². The second-order valence-corrected chi connectivity index (χ2v) is 6.28. The third kappa shape index (κ3) is 3.59. The van der Waals surface area contributed by atoms with Crippen molar-refractivity contribution >= 4 is 55.7 Å². The highest BCUT2D eigenvalue weighted by Crippen LogP contribution is 2.34. The van der Waals surface area contributed by atoms with E-state index in [4.69, 9.17) is 26.5 Å². The van der Waals surface area contributed by atoms with Crippen LogP contribution in [0.5, 0.6) is 0 Å². The fraction of sp³-hybridized carbons (Fsp3) is 0.462. The molecule has 2 rings (SSSR count). The van der Waals surface area contributed by atoms with Crippen LogP contribution in [0.3, 0.4) is 0 Å². The molecule has 0 radical (unpaired) electrons. The van der Waals surface area contributed by atoms with Crippen molar-refractivity contribution in [3.05, 3.63) is 20.4 Å². The largest absolute Gasteiger partial charge is 0.438 e. The Balaban J connectivity index is 2.21. The van der Waals surface area contributed by atoms with Crippen LogP contribution in [-0.2, 0) is 4.74 Å². The molecule has 2 aromatic rings. The molecule has 110 valence electrons. The number of rotatable bonds is 7. The second-order valence-electron chi connectivity index (χ2n) is 4.11. The molecule has 4 nitrogen and oxygen atoms in total. The van der Waals surface area contributed by atoms with Crippen molar-refractivity contribution in [3.8, 4) is 0 Å². The maximum absolute atomic E-state index is 8.69. The molecule has 0 saturated carbocycles. The summed E-state index contributed by atoms with van der Waals surface area (Å²) in [4.78, 5) is 2.07. The lowest BCUT2D eigenvalue weighted by Crippen LogP contribution is -2.27. The molecule has 1 N–H and O–H groups in total. The lowest BCUT2D eigenvalue weighted by molar-refractivity contribution is 0.0964. The van der Waals surface area contributed by atoms with Crippen LogP contribution in [0.2, 0.25) is 0 Å². The lowest BCUT2D eigenvalue weighted by Gasteiger charge is -2.21. The Morgan fingerprint density at radius 3 is 3.00 bits per heavy atom. The third-order valence-electron chi connectivity index (χ3n) is 2.82. The molecule has 0 fully saturated rings. The van der Waals surface area contributed by atoms with Gasteiger partial charge in [-0.25, -0.2) is 0 Å². The second kappa shape index (κ2) is 7.51. The number of likely N-dealkylation sites (N-methyl/N-ethyl adjacent to an activating group) is 1. The van der Waals surface area contributed by atoms with Gasteiger partial charge in [-0.3, -0.25) is 0 Å². The zero-order chi connectivity index (χ0) is 14.5. The number of hydrogen-bond acceptors (Lipinski definition) is 6. The number of ether oxygens (including phenoxy) is 1. The van der Waals surface area contributed by atoms with Gasteiger partial charge in [0, 0.05) is 24.5 Å². The van der Waals surface area contributed by atoms with Crippen molar-refractivity contribution in [3.63, 3.8) is 0 Å². The van der Waals surface area contributed by atoms with E-state index in [2.05, 4.69) is 27.8 Å². The van der Waals surface area contributed by atoms with Crippen LogP contribution >= 0.6 is 39.5 Å². The first kappa shape index (κ1) is 15.9. The number of fused-ring (bicyclic) bond motifs is 1. The van der Waals surface area contributed by atoms with Crippen LogP contribution in [0.25, 0.3) is 10.3 Å². The molecule has 0 unspecified atom stereocenters. The van der Waals surface area contributed by atoms with Gasteiger partial charge in [0.1, 0.15) is 0 Å². The first-order valence-electron chi connectivity index (χ1n) is 6.31. The van der Waals surface area contributed by atoms with Gasteiger partial charge in [0.25, 0.3) is 0 Å². The highest BCUT2D eigenvalue weighted by Gasteiger charge is 2.12. The number of aliphatic hydroxyl groups excluding tert-OH is 1. The van der Waals surface area contributed by atoms with E-state index < -0.39 is 0 Å². The van der Waals surface area contributed by atoms with E-state index in [0.717, 1.165) is 31.7 Å². The average molecular weight is 378 g/mol. The number of nitrogens with zero attached hydrogens (tertiary/aromatic N) is 1. The molecule has 0 aliphatic heterocycles. The van der Waals surface area contributed by atoms with Crippen molar-refractivity contribution < 1.29 is 14.3 Å². The van der Waals surface area contributed by atoms with Gasteiger partial charge < -0.3 is 19.2 Å². The quantitative estimate of drug-likeness (QED) is 0.586. The smallest absolute Gasteiger partial charge is 0.197 e. The van der Waals surface area contributed by atoms with Crippen molar-refractivity contribution in [1.29, 1.82) is 0 Å². The van der Waals surface area contributed by atoms with E-state index in [1.54, 1.807) is 11.3 Å². The summed E-state index contributed by atoms with van der Waals surface area (Å²) in [5.74, 6) is 0.747. The predicted molar refractivity (Wildman–Crippen MR) is 88.4 cm³/mol. The number of hydrogen-bond donors (Lipinski definition) is 1. The molecule has 0 aliphatic carbocycles. The van der Waals surface area contributed by atoms with Crippen LogP contribution in [-0.4, -0.2) is 38.0 Å². The molecule has 20 heavy (non-hydrogen) atoms. The summed E-state index contributed by atoms with van der Waals surface area (Å²) in [6, 6.07) is 1.89. The summed E-state index contributed by atoms with van der Waals surface area (Å²) in [7, 11) is 0. The van der Waals surface area contributed by atoms with Crippen LogP contribution < -0.4 is 4.90 Å². The fourth-order valence-corrected chi connectivity index (χ4v) is 3.62. The Morgan fingerprint density at radius 2 is 2.30 bits per heavy atom. The first-order valence-corrected chi connectivity index (χ1v) is 8.39. The number of thiophene rings is 1. The normalized spacial score (nSPS) is 11.2. The summed E-state index contributed by atoms with van der Waals surface area (Å²) < 4.78 is 14.0. The molecule has 0 atom stereocenters. The Morgan fingerprint density at radius 1 is 1.50 bits per heavy atom. The summed E-state index contributed by atoms with van der Waals surface area (Å²) in [5.41, 5.74) is 0.798. The highest BCUT2D eigenvalue weighted by atomic mass is 79.9. The van der Waals surface area contributed by atoms with E-state index >= 15 is 0 Å². The number of halogens is 1. The molecule has 0 saturated heterocycles. The summed E-state index contributed by atoms with van der Waals surface area (Å²) in [6.45, 7) is 4.49. The minimum atomic E-state index is 0.0423. The maximum Gasteiger partial charge on any atom is 0.197 e. The SMILES string of the molecule is CCN(CCOCCO)c1cc(=S)c2scc(Br)c2o1. The Bertz CT molecular complexity index is 626. The third-order valence-corrected chi connectivity index (χ3v) is 5.16. The zero-order valence-electron chi connectivity index (χ0n) is 11.1. The van der Waals surface area contributed by atoms with Crippen LogP contribution in [0, 0.1) is 4.51 Å². The van der Waals surface area contributed by atoms with Gasteiger partial charge in [0.2, 0.25) is 0 Å². The summed E-state index contributed by atoms with van der Waals surface area (Å²) in [5, 5.41) is 10.7. The molecule has 7 heteroatoms. The van der Waals surface area contributed by atoms with Gasteiger partial charge in [-0.15, -0.1) is 11.3 Å². The van der Waals surface area contributed by atoms with Crippen molar-refractivity contribution in [2.24, 2.45) is 0 Å². The molecule has 0 aromatic carbocycles. The Hall–Kier alpha value is -0.470. The van der Waals surface area contributed by atoms with Crippen molar-refractivity contribution in [2.75, 3.05) is 37.8 Å². The maximum atomic E-state index is 8.69. The molecular formula is C13H16BrNO3S2. The van der Waals surface area contributed by atoms with E-state index in [1.807, 2.05) is 11.4 Å². The van der Waals surface area contributed by atoms with Crippen LogP contribution in [0.1, 0.15) is 6.92 Å². The molecule has 2 aromatic heterocycles. The van der Waals surface area contributed by atoms with E-state index in [1.165, 1.54) is 0 Å². The predicted octanol–water partition coefficient (Wildman–Crippen LogP) is 3.82. The Kier molecular flexibility index (Phi) is 5.98. The molecule has 0 amide bonds. The standard InChI is InChI=1S/C13H16BrNO3S2/c1-2-15(3-5-17-6-4-16)11-7-10(19)13-12(18-11)9(14)8-20-13/h7-8,16H,2-6H2,1H3. The lowest BCUT2D eigenvalue weighted by atomic mass is 10.4. The van der Waals surface area contributed by atoms with Crippen LogP contribution in [0.15, 0.2) is 20.3 Å². The van der Waals surface area contributed by atoms with Gasteiger partial charge in [-0.2, -0.15) is 0 Å². The van der Waals surface area contributed by atoms with Gasteiger partial charge >= 0.3 is 0 Å². The van der Waals surface area contributed by atoms with Gasteiger partial charge in [-0.05, 0) is 22.9 Å². The first-order chi connectivity index (χ1) is 9.67. The minimum absolute atomic E-state index is 0.0423. The highest BCUT2D eigenvalue weighted by molar-refractivity contribution is 9.10. The topological polar surface area (TPSA) is 45.8 Å². The van der Waals surface area contributed by atoms with Gasteiger partial charge in [-0.1, -0.05) is 12.2 Å². The molecular weight excluding hydrogens is 362 g/mol. The monoisotopic (exact) mass is 377 g/mol. The van der Waals surface area contributed by atoms with Crippen LogP contribution in [0.4, 0.5) is 5.88 Å². The van der Waals surface area contributed by atoms with E-state index in [0.29, 0.717) is 19.8 Å². The van der Waals surface area contributed by atoms with Crippen molar-refractivity contribution in [1.82, 2.24) is 0 Å². The Labute approximate surface area is 135 Å². The molecule has 0 spiro atoms. The average Bonchev–Trinajstić information content (AvgIpc) is 2.81. The van der Waals surface area contributed by atoms with Crippen molar-refractivity contribution in [2.45, 2.75) is 6.92 Å². The zero-order valence-corrected chi connectivity index (χ0v) is 14.3.